The third-order valence-corrected chi connectivity index (χ3v) is 5.90. The summed E-state index contributed by atoms with van der Waals surface area (Å²) in [4.78, 5) is 30.5. The minimum atomic E-state index is 0.142. The average molecular weight is 393 g/mol. The van der Waals surface area contributed by atoms with Gasteiger partial charge in [0.1, 0.15) is 5.75 Å². The van der Waals surface area contributed by atoms with Gasteiger partial charge in [0.15, 0.2) is 0 Å². The summed E-state index contributed by atoms with van der Waals surface area (Å²) >= 11 is 0. The molecule has 2 aliphatic rings. The molecule has 2 amide bonds. The molecule has 2 aromatic carbocycles. The Labute approximate surface area is 171 Å². The number of piperazine rings is 1. The molecule has 0 atom stereocenters. The Hall–Kier alpha value is -3.02. The van der Waals surface area contributed by atoms with E-state index >= 15 is 0 Å². The van der Waals surface area contributed by atoms with Crippen LogP contribution >= 0.6 is 0 Å². The predicted octanol–water partition coefficient (Wildman–Crippen LogP) is 2.50. The van der Waals surface area contributed by atoms with E-state index in [1.807, 2.05) is 42.3 Å². The number of carbonyl (C=O) groups excluding carboxylic acids is 2. The van der Waals surface area contributed by atoms with Crippen molar-refractivity contribution in [2.45, 2.75) is 19.3 Å². The molecular formula is C23H27N3O3. The molecule has 6 nitrogen and oxygen atoms in total. The zero-order valence-corrected chi connectivity index (χ0v) is 17.1. The van der Waals surface area contributed by atoms with Crippen molar-refractivity contribution in [1.82, 2.24) is 4.90 Å². The molecule has 4 rings (SSSR count). The van der Waals surface area contributed by atoms with Crippen LogP contribution < -0.4 is 14.5 Å². The second kappa shape index (κ2) is 8.15. The normalized spacial score (nSPS) is 16.2. The fourth-order valence-electron chi connectivity index (χ4n) is 4.10. The maximum Gasteiger partial charge on any atom is 0.231 e. The summed E-state index contributed by atoms with van der Waals surface area (Å²) < 4.78 is 5.25. The molecule has 0 aromatic heterocycles. The fraction of sp³-hybridized carbons (Fsp3) is 0.391. The third-order valence-electron chi connectivity index (χ3n) is 5.90. The lowest BCUT2D eigenvalue weighted by molar-refractivity contribution is -0.131. The van der Waals surface area contributed by atoms with Crippen LogP contribution in [-0.4, -0.2) is 57.1 Å². The molecule has 0 unspecified atom stereocenters. The van der Waals surface area contributed by atoms with Crippen LogP contribution in [0.3, 0.4) is 0 Å². The molecule has 2 heterocycles. The number of nitrogens with zero attached hydrogens (tertiary/aromatic N) is 3. The smallest absolute Gasteiger partial charge is 0.231 e. The summed E-state index contributed by atoms with van der Waals surface area (Å²) in [5.41, 5.74) is 4.35. The maximum absolute atomic E-state index is 12.6. The Morgan fingerprint density at radius 2 is 1.86 bits per heavy atom. The molecule has 2 aliphatic heterocycles. The maximum atomic E-state index is 12.6. The van der Waals surface area contributed by atoms with Gasteiger partial charge < -0.3 is 19.4 Å². The van der Waals surface area contributed by atoms with Crippen molar-refractivity contribution in [2.24, 2.45) is 0 Å². The lowest BCUT2D eigenvalue weighted by atomic mass is 10.1. The van der Waals surface area contributed by atoms with E-state index in [2.05, 4.69) is 17.0 Å². The van der Waals surface area contributed by atoms with Crippen molar-refractivity contribution >= 4 is 23.2 Å². The van der Waals surface area contributed by atoms with Crippen molar-refractivity contribution in [3.8, 4) is 5.75 Å². The van der Waals surface area contributed by atoms with Gasteiger partial charge in [0, 0.05) is 51.0 Å². The van der Waals surface area contributed by atoms with Gasteiger partial charge in [-0.15, -0.1) is 0 Å². The predicted molar refractivity (Wildman–Crippen MR) is 114 cm³/mol. The second-order valence-corrected chi connectivity index (χ2v) is 7.66. The fourth-order valence-corrected chi connectivity index (χ4v) is 4.10. The van der Waals surface area contributed by atoms with Crippen molar-refractivity contribution in [1.29, 1.82) is 0 Å². The molecule has 0 spiro atoms. The summed E-state index contributed by atoms with van der Waals surface area (Å²) in [7, 11) is 3.48. The minimum absolute atomic E-state index is 0.142. The molecule has 0 N–H and O–H groups in total. The molecule has 0 saturated carbocycles. The quantitative estimate of drug-likeness (QED) is 0.783. The van der Waals surface area contributed by atoms with E-state index in [1.165, 1.54) is 0 Å². The number of fused-ring (bicyclic) bond motifs is 1. The molecule has 1 saturated heterocycles. The number of aryl methyl sites for hydroxylation is 1. The van der Waals surface area contributed by atoms with Gasteiger partial charge in [0.25, 0.3) is 0 Å². The van der Waals surface area contributed by atoms with Crippen LogP contribution in [0, 0.1) is 0 Å². The number of likely N-dealkylation sites (N-methyl/N-ethyl adjacent to an activating group) is 1. The van der Waals surface area contributed by atoms with Gasteiger partial charge in [0.05, 0.1) is 13.5 Å². The molecular weight excluding hydrogens is 366 g/mol. The Morgan fingerprint density at radius 1 is 1.07 bits per heavy atom. The van der Waals surface area contributed by atoms with E-state index in [-0.39, 0.29) is 11.8 Å². The van der Waals surface area contributed by atoms with Crippen molar-refractivity contribution in [3.63, 3.8) is 0 Å². The molecule has 0 radical (unpaired) electrons. The minimum Gasteiger partial charge on any atom is -0.497 e. The highest BCUT2D eigenvalue weighted by molar-refractivity contribution is 6.01. The van der Waals surface area contributed by atoms with Gasteiger partial charge in [-0.25, -0.2) is 0 Å². The van der Waals surface area contributed by atoms with Crippen LogP contribution in [0.15, 0.2) is 42.5 Å². The summed E-state index contributed by atoms with van der Waals surface area (Å²) in [5.74, 6) is 1.17. The van der Waals surface area contributed by atoms with Crippen LogP contribution in [0.5, 0.6) is 5.75 Å². The first-order valence-electron chi connectivity index (χ1n) is 10.1. The highest BCUT2D eigenvalue weighted by atomic mass is 16.5. The van der Waals surface area contributed by atoms with Crippen molar-refractivity contribution in [2.75, 3.05) is 50.1 Å². The van der Waals surface area contributed by atoms with E-state index in [1.54, 1.807) is 12.0 Å². The number of ether oxygens (including phenoxy) is 1. The highest BCUT2D eigenvalue weighted by Gasteiger charge is 2.26. The number of hydrogen-bond acceptors (Lipinski definition) is 4. The van der Waals surface area contributed by atoms with Gasteiger partial charge in [-0.1, -0.05) is 12.1 Å². The van der Waals surface area contributed by atoms with Gasteiger partial charge in [0.2, 0.25) is 11.8 Å². The SMILES string of the molecule is COc1cccc(CCC(=O)N2CCN(c3ccc4c(c3)CC(=O)N4C)CC2)c1. The van der Waals surface area contributed by atoms with Crippen LogP contribution in [0.25, 0.3) is 0 Å². The molecule has 0 bridgehead atoms. The average Bonchev–Trinajstić information content (AvgIpc) is 3.05. The van der Waals surface area contributed by atoms with Crippen LogP contribution in [0.4, 0.5) is 11.4 Å². The molecule has 6 heteroatoms. The molecule has 29 heavy (non-hydrogen) atoms. The van der Waals surface area contributed by atoms with E-state index < -0.39 is 0 Å². The number of methoxy groups -OCH3 is 1. The van der Waals surface area contributed by atoms with Crippen molar-refractivity contribution < 1.29 is 14.3 Å². The molecule has 152 valence electrons. The van der Waals surface area contributed by atoms with Crippen molar-refractivity contribution in [3.05, 3.63) is 53.6 Å². The topological polar surface area (TPSA) is 53.1 Å². The first-order chi connectivity index (χ1) is 14.0. The highest BCUT2D eigenvalue weighted by Crippen LogP contribution is 2.31. The lowest BCUT2D eigenvalue weighted by Crippen LogP contribution is -2.48. The third kappa shape index (κ3) is 4.06. The summed E-state index contributed by atoms with van der Waals surface area (Å²) in [6.45, 7) is 3.08. The molecule has 0 aliphatic carbocycles. The summed E-state index contributed by atoms with van der Waals surface area (Å²) in [6, 6.07) is 14.1. The van der Waals surface area contributed by atoms with Crippen LogP contribution in [-0.2, 0) is 22.4 Å². The Kier molecular flexibility index (Phi) is 5.43. The monoisotopic (exact) mass is 393 g/mol. The number of rotatable bonds is 5. The molecule has 2 aromatic rings. The Bertz CT molecular complexity index is 919. The zero-order chi connectivity index (χ0) is 20.4. The zero-order valence-electron chi connectivity index (χ0n) is 17.1. The standard InChI is InChI=1S/C23H27N3O3/c1-24-21-8-7-19(15-18(21)16-23(24)28)25-10-12-26(13-11-25)22(27)9-6-17-4-3-5-20(14-17)29-2/h3-5,7-8,14-15H,6,9-13,16H2,1-2H3. The summed E-state index contributed by atoms with van der Waals surface area (Å²) in [5, 5.41) is 0. The van der Waals surface area contributed by atoms with Crippen LogP contribution in [0.1, 0.15) is 17.5 Å². The Morgan fingerprint density at radius 3 is 2.62 bits per heavy atom. The van der Waals surface area contributed by atoms with Gasteiger partial charge in [-0.05, 0) is 47.9 Å². The van der Waals surface area contributed by atoms with Gasteiger partial charge in [-0.2, -0.15) is 0 Å². The molecule has 1 fully saturated rings. The van der Waals surface area contributed by atoms with E-state index in [0.717, 1.165) is 60.9 Å². The number of benzene rings is 2. The Balaban J connectivity index is 1.31. The number of carbonyl (C=O) groups is 2. The van der Waals surface area contributed by atoms with E-state index in [9.17, 15) is 9.59 Å². The second-order valence-electron chi connectivity index (χ2n) is 7.66. The van der Waals surface area contributed by atoms with E-state index in [0.29, 0.717) is 12.8 Å². The lowest BCUT2D eigenvalue weighted by Gasteiger charge is -2.36. The van der Waals surface area contributed by atoms with E-state index in [4.69, 9.17) is 4.74 Å². The first-order valence-corrected chi connectivity index (χ1v) is 10.1. The number of amides is 2. The largest absolute Gasteiger partial charge is 0.497 e. The summed E-state index contributed by atoms with van der Waals surface area (Å²) in [6.07, 6.45) is 1.71. The first kappa shape index (κ1) is 19.3. The number of hydrogen-bond donors (Lipinski definition) is 0. The van der Waals surface area contributed by atoms with Crippen LogP contribution in [0.2, 0.25) is 0 Å². The van der Waals surface area contributed by atoms with Gasteiger partial charge >= 0.3 is 0 Å². The van der Waals surface area contributed by atoms with Gasteiger partial charge in [-0.3, -0.25) is 9.59 Å². The number of anilines is 2.